The Balaban J connectivity index is 2.40. The molecule has 0 spiro atoms. The molecule has 0 aromatic heterocycles. The maximum Gasteiger partial charge on any atom is 0.0983 e. The molecule has 1 aliphatic carbocycles. The molecule has 0 heterocycles. The van der Waals surface area contributed by atoms with E-state index in [1.807, 2.05) is 6.20 Å². The number of ether oxygens (including phenoxy) is 1. The topological polar surface area (TPSA) is 12.5 Å². The molecule has 1 aliphatic rings. The van der Waals surface area contributed by atoms with Crippen LogP contribution < -0.4 is 0 Å². The lowest BCUT2D eigenvalue weighted by atomic mass is 9.71. The van der Waals surface area contributed by atoms with Crippen molar-refractivity contribution in [3.8, 4) is 0 Å². The van der Waals surface area contributed by atoms with Gasteiger partial charge in [-0.05, 0) is 37.0 Å². The van der Waals surface area contributed by atoms with E-state index in [1.165, 1.54) is 25.7 Å². The fraction of sp³-hybridized carbons (Fsp3) is 0.857. The van der Waals surface area contributed by atoms with Crippen LogP contribution in [0.2, 0.25) is 0 Å². The summed E-state index contributed by atoms with van der Waals surface area (Å²) in [5, 5.41) is 0. The molecule has 0 N–H and O–H groups in total. The third kappa shape index (κ3) is 3.73. The number of rotatable bonds is 3. The zero-order valence-corrected chi connectivity index (χ0v) is 11.5. The minimum Gasteiger partial charge on any atom is -0.503 e. The highest BCUT2D eigenvalue weighted by molar-refractivity contribution is 4.87. The van der Waals surface area contributed by atoms with E-state index in [0.717, 1.165) is 5.92 Å². The van der Waals surface area contributed by atoms with Crippen LogP contribution in [0.4, 0.5) is 0 Å². The first-order valence-electron chi connectivity index (χ1n) is 6.36. The maximum atomic E-state index is 4.96. The summed E-state index contributed by atoms with van der Waals surface area (Å²) in [7, 11) is 3.85. The fourth-order valence-corrected chi connectivity index (χ4v) is 2.63. The summed E-state index contributed by atoms with van der Waals surface area (Å²) < 4.78 is 4.96. The number of hydrogen-bond donors (Lipinski definition) is 0. The van der Waals surface area contributed by atoms with Crippen LogP contribution in [0.1, 0.15) is 46.5 Å². The molecule has 0 radical (unpaired) electrons. The Morgan fingerprint density at radius 1 is 1.12 bits per heavy atom. The van der Waals surface area contributed by atoms with Gasteiger partial charge in [0, 0.05) is 19.3 Å². The van der Waals surface area contributed by atoms with Crippen molar-refractivity contribution in [1.29, 1.82) is 0 Å². The lowest BCUT2D eigenvalue weighted by molar-refractivity contribution is 0.130. The van der Waals surface area contributed by atoms with Crippen LogP contribution in [-0.2, 0) is 4.74 Å². The normalized spacial score (nSPS) is 27.1. The minimum absolute atomic E-state index is 0.478. The van der Waals surface area contributed by atoms with Gasteiger partial charge < -0.3 is 9.64 Å². The van der Waals surface area contributed by atoms with E-state index in [9.17, 15) is 0 Å². The molecule has 0 atom stereocenters. The first kappa shape index (κ1) is 13.4. The van der Waals surface area contributed by atoms with Gasteiger partial charge in [-0.3, -0.25) is 0 Å². The molecule has 0 amide bonds. The monoisotopic (exact) mass is 225 g/mol. The van der Waals surface area contributed by atoms with Gasteiger partial charge in [0.1, 0.15) is 0 Å². The number of nitrogens with zero attached hydrogens (tertiary/aromatic N) is 1. The number of hydrogen-bond acceptors (Lipinski definition) is 2. The molecular formula is C14H27NO. The molecule has 1 saturated carbocycles. The smallest absolute Gasteiger partial charge is 0.0983 e. The Morgan fingerprint density at radius 3 is 2.12 bits per heavy atom. The zero-order chi connectivity index (χ0) is 12.2. The van der Waals surface area contributed by atoms with Gasteiger partial charge in [-0.2, -0.15) is 0 Å². The van der Waals surface area contributed by atoms with Crippen molar-refractivity contribution >= 4 is 0 Å². The fourth-order valence-electron chi connectivity index (χ4n) is 2.63. The maximum absolute atomic E-state index is 4.96. The molecular weight excluding hydrogens is 198 g/mol. The van der Waals surface area contributed by atoms with E-state index in [2.05, 4.69) is 32.7 Å². The molecule has 2 heteroatoms. The van der Waals surface area contributed by atoms with Crippen LogP contribution in [0.3, 0.4) is 0 Å². The molecule has 0 saturated heterocycles. The van der Waals surface area contributed by atoms with Crippen molar-refractivity contribution in [3.63, 3.8) is 0 Å². The Bertz CT molecular complexity index is 221. The van der Waals surface area contributed by atoms with Crippen LogP contribution in [0.25, 0.3) is 0 Å². The molecule has 94 valence electrons. The van der Waals surface area contributed by atoms with Crippen LogP contribution in [0.5, 0.6) is 0 Å². The molecule has 16 heavy (non-hydrogen) atoms. The molecule has 1 fully saturated rings. The lowest BCUT2D eigenvalue weighted by Gasteiger charge is -2.39. The SMILES string of the molecule is CO/C=C\N(C)C1CCC(C(C)(C)C)CC1. The van der Waals surface area contributed by atoms with Gasteiger partial charge in [-0.1, -0.05) is 20.8 Å². The largest absolute Gasteiger partial charge is 0.503 e. The van der Waals surface area contributed by atoms with Crippen LogP contribution >= 0.6 is 0 Å². The van der Waals surface area contributed by atoms with Crippen molar-refractivity contribution in [3.05, 3.63) is 12.5 Å². The summed E-state index contributed by atoms with van der Waals surface area (Å²) in [6.07, 6.45) is 9.15. The Labute approximate surface area is 101 Å². The van der Waals surface area contributed by atoms with Gasteiger partial charge in [0.2, 0.25) is 0 Å². The van der Waals surface area contributed by atoms with Crippen LogP contribution in [-0.4, -0.2) is 25.1 Å². The first-order valence-corrected chi connectivity index (χ1v) is 6.36. The van der Waals surface area contributed by atoms with Gasteiger partial charge in [0.05, 0.1) is 13.4 Å². The zero-order valence-electron chi connectivity index (χ0n) is 11.5. The predicted octanol–water partition coefficient (Wildman–Crippen LogP) is 3.64. The van der Waals surface area contributed by atoms with Gasteiger partial charge in [-0.25, -0.2) is 0 Å². The summed E-state index contributed by atoms with van der Waals surface area (Å²) in [4.78, 5) is 2.29. The highest BCUT2D eigenvalue weighted by Gasteiger charge is 2.30. The third-order valence-corrected chi connectivity index (χ3v) is 3.93. The summed E-state index contributed by atoms with van der Waals surface area (Å²) in [5.74, 6) is 0.892. The second-order valence-electron chi connectivity index (χ2n) is 6.06. The molecule has 2 nitrogen and oxygen atoms in total. The van der Waals surface area contributed by atoms with Crippen LogP contribution in [0, 0.1) is 11.3 Å². The second-order valence-corrected chi connectivity index (χ2v) is 6.06. The van der Waals surface area contributed by atoms with Crippen molar-refractivity contribution in [2.75, 3.05) is 14.2 Å². The summed E-state index contributed by atoms with van der Waals surface area (Å²) in [6.45, 7) is 7.10. The van der Waals surface area contributed by atoms with Crippen molar-refractivity contribution < 1.29 is 4.74 Å². The van der Waals surface area contributed by atoms with Crippen LogP contribution in [0.15, 0.2) is 12.5 Å². The molecule has 0 aromatic carbocycles. The lowest BCUT2D eigenvalue weighted by Crippen LogP contribution is -2.35. The van der Waals surface area contributed by atoms with Gasteiger partial charge >= 0.3 is 0 Å². The Hall–Kier alpha value is -0.660. The minimum atomic E-state index is 0.478. The Kier molecular flexibility index (Phi) is 4.69. The molecule has 0 aliphatic heterocycles. The highest BCUT2D eigenvalue weighted by atomic mass is 16.5. The Morgan fingerprint density at radius 2 is 1.69 bits per heavy atom. The van der Waals surface area contributed by atoms with E-state index >= 15 is 0 Å². The average Bonchev–Trinajstić information content (AvgIpc) is 2.25. The predicted molar refractivity (Wildman–Crippen MR) is 69.1 cm³/mol. The quantitative estimate of drug-likeness (QED) is 0.680. The second kappa shape index (κ2) is 5.60. The third-order valence-electron chi connectivity index (χ3n) is 3.93. The van der Waals surface area contributed by atoms with Gasteiger partial charge in [-0.15, -0.1) is 0 Å². The summed E-state index contributed by atoms with van der Waals surface area (Å²) >= 11 is 0. The molecule has 1 rings (SSSR count). The molecule has 0 aromatic rings. The van der Waals surface area contributed by atoms with E-state index in [4.69, 9.17) is 4.74 Å². The average molecular weight is 225 g/mol. The van der Waals surface area contributed by atoms with E-state index in [-0.39, 0.29) is 0 Å². The van der Waals surface area contributed by atoms with E-state index in [1.54, 1.807) is 13.4 Å². The van der Waals surface area contributed by atoms with E-state index < -0.39 is 0 Å². The van der Waals surface area contributed by atoms with Crippen molar-refractivity contribution in [1.82, 2.24) is 4.90 Å². The van der Waals surface area contributed by atoms with Crippen molar-refractivity contribution in [2.24, 2.45) is 11.3 Å². The van der Waals surface area contributed by atoms with E-state index in [0.29, 0.717) is 11.5 Å². The summed E-state index contributed by atoms with van der Waals surface area (Å²) in [6, 6.07) is 0.699. The highest BCUT2D eigenvalue weighted by Crippen LogP contribution is 2.38. The summed E-state index contributed by atoms with van der Waals surface area (Å²) in [5.41, 5.74) is 0.478. The van der Waals surface area contributed by atoms with Crippen molar-refractivity contribution in [2.45, 2.75) is 52.5 Å². The van der Waals surface area contributed by atoms with Gasteiger partial charge in [0.25, 0.3) is 0 Å². The molecule has 0 unspecified atom stereocenters. The number of methoxy groups -OCH3 is 1. The standard InChI is InChI=1S/C14H27NO/c1-14(2,3)12-6-8-13(9-7-12)15(4)10-11-16-5/h10-13H,6-9H2,1-5H3/b11-10-. The first-order chi connectivity index (χ1) is 7.45. The molecule has 0 bridgehead atoms. The van der Waals surface area contributed by atoms with Gasteiger partial charge in [0.15, 0.2) is 0 Å².